The van der Waals surface area contributed by atoms with Gasteiger partial charge in [0, 0.05) is 22.9 Å². The summed E-state index contributed by atoms with van der Waals surface area (Å²) in [4.78, 5) is 3.41. The van der Waals surface area contributed by atoms with Gasteiger partial charge in [0.15, 0.2) is 0 Å². The second kappa shape index (κ2) is 4.14. The largest absolute Gasteiger partial charge is 1.00 e. The standard InChI is InChI=1S/C13H9N.HI/c1-3-7-12-10(5-1)9-11-6-2-4-8-13(11)14-12;/h1-9H;1H. The Morgan fingerprint density at radius 3 is 1.67 bits per heavy atom. The minimum Gasteiger partial charge on any atom is -1.00 e. The smallest absolute Gasteiger partial charge is 0.211 e. The van der Waals surface area contributed by atoms with Crippen LogP contribution in [-0.2, 0) is 0 Å². The number of para-hydroxylation sites is 2. The molecule has 0 bridgehead atoms. The fourth-order valence-corrected chi connectivity index (χ4v) is 1.79. The molecule has 0 amide bonds. The number of pyridine rings is 1. The first kappa shape index (κ1) is 10.4. The summed E-state index contributed by atoms with van der Waals surface area (Å²) in [5.41, 5.74) is 2.37. The van der Waals surface area contributed by atoms with Gasteiger partial charge < -0.3 is 24.0 Å². The highest BCUT2D eigenvalue weighted by molar-refractivity contribution is 5.87. The minimum absolute atomic E-state index is 0. The molecule has 0 atom stereocenters. The minimum atomic E-state index is 0. The number of H-pyrrole nitrogens is 1. The van der Waals surface area contributed by atoms with Crippen molar-refractivity contribution in [2.45, 2.75) is 0 Å². The van der Waals surface area contributed by atoms with Crippen molar-refractivity contribution < 1.29 is 29.0 Å². The van der Waals surface area contributed by atoms with Crippen LogP contribution in [0, 0.1) is 0 Å². The zero-order valence-corrected chi connectivity index (χ0v) is 10.2. The highest BCUT2D eigenvalue weighted by Gasteiger charge is 2.02. The van der Waals surface area contributed by atoms with Gasteiger partial charge in [-0.2, -0.15) is 0 Å². The van der Waals surface area contributed by atoms with E-state index in [4.69, 9.17) is 0 Å². The van der Waals surface area contributed by atoms with Crippen molar-refractivity contribution in [1.82, 2.24) is 0 Å². The van der Waals surface area contributed by atoms with Gasteiger partial charge in [0.1, 0.15) is 0 Å². The Balaban J connectivity index is 0.000000853. The lowest BCUT2D eigenvalue weighted by Crippen LogP contribution is -3.00. The zero-order chi connectivity index (χ0) is 9.38. The highest BCUT2D eigenvalue weighted by Crippen LogP contribution is 2.15. The van der Waals surface area contributed by atoms with E-state index >= 15 is 0 Å². The molecule has 74 valence electrons. The van der Waals surface area contributed by atoms with E-state index in [-0.39, 0.29) is 24.0 Å². The topological polar surface area (TPSA) is 14.1 Å². The predicted molar refractivity (Wildman–Crippen MR) is 58.0 cm³/mol. The zero-order valence-electron chi connectivity index (χ0n) is 8.07. The van der Waals surface area contributed by atoms with E-state index in [9.17, 15) is 0 Å². The molecular weight excluding hydrogens is 297 g/mol. The molecule has 3 aromatic rings. The van der Waals surface area contributed by atoms with Crippen LogP contribution in [-0.4, -0.2) is 0 Å². The van der Waals surface area contributed by atoms with Crippen LogP contribution in [0.4, 0.5) is 0 Å². The number of nitrogens with one attached hydrogen (secondary N) is 1. The molecule has 3 rings (SSSR count). The summed E-state index contributed by atoms with van der Waals surface area (Å²) >= 11 is 0. The Kier molecular flexibility index (Phi) is 2.86. The molecule has 0 radical (unpaired) electrons. The molecule has 0 saturated carbocycles. The normalized spacial score (nSPS) is 10.1. The first-order valence-corrected chi connectivity index (χ1v) is 4.73. The maximum Gasteiger partial charge on any atom is 0.211 e. The van der Waals surface area contributed by atoms with Crippen LogP contribution in [0.3, 0.4) is 0 Å². The first-order chi connectivity index (χ1) is 6.93. The van der Waals surface area contributed by atoms with Crippen molar-refractivity contribution in [2.75, 3.05) is 0 Å². The van der Waals surface area contributed by atoms with Crippen molar-refractivity contribution in [3.05, 3.63) is 54.6 Å². The fraction of sp³-hybridized carbons (Fsp3) is 0. The summed E-state index contributed by atoms with van der Waals surface area (Å²) in [6.07, 6.45) is 0. The van der Waals surface area contributed by atoms with E-state index in [1.165, 1.54) is 21.8 Å². The van der Waals surface area contributed by atoms with Gasteiger partial charge in [-0.25, -0.2) is 4.98 Å². The van der Waals surface area contributed by atoms with Crippen LogP contribution in [0.5, 0.6) is 0 Å². The Bertz CT molecular complexity index is 499. The highest BCUT2D eigenvalue weighted by atomic mass is 127. The third kappa shape index (κ3) is 1.81. The number of halogens is 1. The molecule has 1 heterocycles. The Morgan fingerprint density at radius 1 is 0.667 bits per heavy atom. The monoisotopic (exact) mass is 307 g/mol. The molecule has 0 aliphatic carbocycles. The summed E-state index contributed by atoms with van der Waals surface area (Å²) in [6, 6.07) is 18.9. The maximum absolute atomic E-state index is 3.41. The number of benzene rings is 2. The lowest BCUT2D eigenvalue weighted by Gasteiger charge is -1.94. The van der Waals surface area contributed by atoms with E-state index in [0.717, 1.165) is 0 Å². The average Bonchev–Trinajstić information content (AvgIpc) is 2.26. The second-order valence-electron chi connectivity index (χ2n) is 3.44. The number of rotatable bonds is 0. The van der Waals surface area contributed by atoms with Crippen molar-refractivity contribution in [2.24, 2.45) is 0 Å². The second-order valence-corrected chi connectivity index (χ2v) is 3.44. The van der Waals surface area contributed by atoms with Crippen molar-refractivity contribution in [3.8, 4) is 0 Å². The quantitative estimate of drug-likeness (QED) is 0.404. The molecule has 0 aliphatic heterocycles. The van der Waals surface area contributed by atoms with Crippen LogP contribution < -0.4 is 29.0 Å². The summed E-state index contributed by atoms with van der Waals surface area (Å²) in [5.74, 6) is 0. The van der Waals surface area contributed by atoms with Gasteiger partial charge in [0.25, 0.3) is 0 Å². The van der Waals surface area contributed by atoms with Gasteiger partial charge in [0.05, 0.1) is 0 Å². The predicted octanol–water partition coefficient (Wildman–Crippen LogP) is -0.189. The Hall–Kier alpha value is -1.16. The molecular formula is C13H10IN. The van der Waals surface area contributed by atoms with Gasteiger partial charge in [-0.15, -0.1) is 0 Å². The number of aromatic nitrogens is 1. The van der Waals surface area contributed by atoms with E-state index in [0.29, 0.717) is 0 Å². The molecule has 2 heteroatoms. The first-order valence-electron chi connectivity index (χ1n) is 4.73. The number of hydrogen-bond donors (Lipinski definition) is 0. The van der Waals surface area contributed by atoms with Gasteiger partial charge in [-0.05, 0) is 18.2 Å². The SMILES string of the molecule is [I-].c1ccc2[nH+]c3ccccc3cc2c1. The van der Waals surface area contributed by atoms with E-state index in [1.807, 2.05) is 12.1 Å². The third-order valence-corrected chi connectivity index (χ3v) is 2.50. The van der Waals surface area contributed by atoms with Crippen LogP contribution in [0.1, 0.15) is 0 Å². The number of hydrogen-bond acceptors (Lipinski definition) is 0. The van der Waals surface area contributed by atoms with Gasteiger partial charge in [-0.3, -0.25) is 0 Å². The number of fused-ring (bicyclic) bond motifs is 2. The molecule has 0 saturated heterocycles. The number of aromatic amines is 1. The van der Waals surface area contributed by atoms with Crippen LogP contribution >= 0.6 is 0 Å². The van der Waals surface area contributed by atoms with Gasteiger partial charge >= 0.3 is 0 Å². The summed E-state index contributed by atoms with van der Waals surface area (Å²) in [5, 5.41) is 2.51. The third-order valence-electron chi connectivity index (χ3n) is 2.50. The average molecular weight is 307 g/mol. The van der Waals surface area contributed by atoms with Gasteiger partial charge in [-0.1, -0.05) is 24.3 Å². The van der Waals surface area contributed by atoms with Crippen LogP contribution in [0.25, 0.3) is 21.8 Å². The molecule has 0 unspecified atom stereocenters. The van der Waals surface area contributed by atoms with Gasteiger partial charge in [0.2, 0.25) is 11.0 Å². The van der Waals surface area contributed by atoms with Crippen LogP contribution in [0.15, 0.2) is 54.6 Å². The fourth-order valence-electron chi connectivity index (χ4n) is 1.79. The molecule has 1 nitrogen and oxygen atoms in total. The van der Waals surface area contributed by atoms with E-state index < -0.39 is 0 Å². The molecule has 0 spiro atoms. The van der Waals surface area contributed by atoms with Crippen molar-refractivity contribution in [3.63, 3.8) is 0 Å². The molecule has 0 aliphatic rings. The summed E-state index contributed by atoms with van der Waals surface area (Å²) < 4.78 is 0. The summed E-state index contributed by atoms with van der Waals surface area (Å²) in [6.45, 7) is 0. The summed E-state index contributed by atoms with van der Waals surface area (Å²) in [7, 11) is 0. The lowest BCUT2D eigenvalue weighted by atomic mass is 10.1. The molecule has 15 heavy (non-hydrogen) atoms. The van der Waals surface area contributed by atoms with Crippen molar-refractivity contribution in [1.29, 1.82) is 0 Å². The molecule has 0 fully saturated rings. The maximum atomic E-state index is 3.41. The molecule has 2 aromatic carbocycles. The van der Waals surface area contributed by atoms with Crippen molar-refractivity contribution >= 4 is 21.8 Å². The van der Waals surface area contributed by atoms with Crippen LogP contribution in [0.2, 0.25) is 0 Å². The van der Waals surface area contributed by atoms with E-state index in [2.05, 4.69) is 47.4 Å². The molecule has 1 N–H and O–H groups in total. The Labute approximate surface area is 105 Å². The Morgan fingerprint density at radius 2 is 1.13 bits per heavy atom. The molecule has 1 aromatic heterocycles. The lowest BCUT2D eigenvalue weighted by molar-refractivity contribution is -0.310. The van der Waals surface area contributed by atoms with E-state index in [1.54, 1.807) is 0 Å².